The first-order chi connectivity index (χ1) is 11.6. The van der Waals surface area contributed by atoms with Gasteiger partial charge in [-0.3, -0.25) is 9.78 Å². The van der Waals surface area contributed by atoms with Crippen molar-refractivity contribution in [2.45, 2.75) is 26.3 Å². The molecule has 1 amide bonds. The molecule has 0 spiro atoms. The topological polar surface area (TPSA) is 59.8 Å². The largest absolute Gasteiger partial charge is 0.328 e. The summed E-state index contributed by atoms with van der Waals surface area (Å²) in [6.07, 6.45) is 7.50. The van der Waals surface area contributed by atoms with E-state index in [1.807, 2.05) is 49.5 Å². The van der Waals surface area contributed by atoms with E-state index in [1.165, 1.54) is 5.56 Å². The van der Waals surface area contributed by atoms with Gasteiger partial charge in [-0.1, -0.05) is 18.2 Å². The Hall–Kier alpha value is -2.95. The summed E-state index contributed by atoms with van der Waals surface area (Å²) in [6, 6.07) is 11.8. The number of pyridine rings is 1. The van der Waals surface area contributed by atoms with Gasteiger partial charge in [0.2, 0.25) is 5.91 Å². The van der Waals surface area contributed by atoms with Crippen molar-refractivity contribution >= 4 is 11.6 Å². The number of amides is 1. The molecule has 24 heavy (non-hydrogen) atoms. The molecule has 122 valence electrons. The first-order valence-electron chi connectivity index (χ1n) is 7.91. The van der Waals surface area contributed by atoms with Crippen molar-refractivity contribution in [1.82, 2.24) is 14.5 Å². The molecule has 3 rings (SSSR count). The van der Waals surface area contributed by atoms with E-state index < -0.39 is 0 Å². The third-order valence-corrected chi connectivity index (χ3v) is 4.04. The molecule has 1 aromatic carbocycles. The SMILES string of the molecule is Cc1nccn1[C@@H](C)c1ccc(NC(=O)Cc2cccnc2)cc1. The zero-order valence-corrected chi connectivity index (χ0v) is 13.8. The van der Waals surface area contributed by atoms with Crippen molar-refractivity contribution < 1.29 is 4.79 Å². The molecule has 3 aromatic rings. The Balaban J connectivity index is 1.64. The first-order valence-corrected chi connectivity index (χ1v) is 7.91. The molecule has 2 heterocycles. The van der Waals surface area contributed by atoms with E-state index in [0.717, 1.165) is 17.1 Å². The van der Waals surface area contributed by atoms with Gasteiger partial charge in [0.05, 0.1) is 12.5 Å². The standard InChI is InChI=1S/C19H20N4O/c1-14(23-11-10-21-15(23)2)17-5-7-18(8-6-17)22-19(24)12-16-4-3-9-20-13-16/h3-11,13-14H,12H2,1-2H3,(H,22,24)/t14-/m0/s1. The maximum Gasteiger partial charge on any atom is 0.228 e. The minimum atomic E-state index is -0.0470. The number of hydrogen-bond donors (Lipinski definition) is 1. The molecular formula is C19H20N4O. The summed E-state index contributed by atoms with van der Waals surface area (Å²) in [5.41, 5.74) is 2.86. The summed E-state index contributed by atoms with van der Waals surface area (Å²) in [5, 5.41) is 2.92. The average molecular weight is 320 g/mol. The van der Waals surface area contributed by atoms with Crippen LogP contribution in [0, 0.1) is 6.92 Å². The Morgan fingerprint density at radius 2 is 2.00 bits per heavy atom. The number of aryl methyl sites for hydroxylation is 1. The molecule has 0 unspecified atom stereocenters. The van der Waals surface area contributed by atoms with Crippen LogP contribution >= 0.6 is 0 Å². The second kappa shape index (κ2) is 7.08. The summed E-state index contributed by atoms with van der Waals surface area (Å²) >= 11 is 0. The fraction of sp³-hybridized carbons (Fsp3) is 0.211. The number of anilines is 1. The summed E-state index contributed by atoms with van der Waals surface area (Å²) in [4.78, 5) is 20.4. The summed E-state index contributed by atoms with van der Waals surface area (Å²) in [5.74, 6) is 0.936. The van der Waals surface area contributed by atoms with Crippen LogP contribution in [-0.4, -0.2) is 20.4 Å². The van der Waals surface area contributed by atoms with E-state index in [1.54, 1.807) is 18.6 Å². The monoisotopic (exact) mass is 320 g/mol. The Bertz CT molecular complexity index is 809. The molecule has 0 fully saturated rings. The Morgan fingerprint density at radius 1 is 1.21 bits per heavy atom. The molecule has 5 nitrogen and oxygen atoms in total. The summed E-state index contributed by atoms with van der Waals surface area (Å²) in [7, 11) is 0. The molecule has 0 aliphatic rings. The molecule has 0 aliphatic heterocycles. The number of hydrogen-bond acceptors (Lipinski definition) is 3. The summed E-state index contributed by atoms with van der Waals surface area (Å²) in [6.45, 7) is 4.12. The molecule has 5 heteroatoms. The zero-order valence-electron chi connectivity index (χ0n) is 13.8. The predicted molar refractivity (Wildman–Crippen MR) is 93.8 cm³/mol. The van der Waals surface area contributed by atoms with E-state index in [-0.39, 0.29) is 11.9 Å². The minimum Gasteiger partial charge on any atom is -0.328 e. The van der Waals surface area contributed by atoms with Crippen LogP contribution in [0.4, 0.5) is 5.69 Å². The second-order valence-corrected chi connectivity index (χ2v) is 5.77. The van der Waals surface area contributed by atoms with Crippen molar-refractivity contribution in [3.05, 3.63) is 78.1 Å². The van der Waals surface area contributed by atoms with Crippen LogP contribution < -0.4 is 5.32 Å². The van der Waals surface area contributed by atoms with Crippen LogP contribution in [0.1, 0.15) is 29.9 Å². The quantitative estimate of drug-likeness (QED) is 0.784. The van der Waals surface area contributed by atoms with E-state index in [9.17, 15) is 4.79 Å². The number of carbonyl (C=O) groups excluding carboxylic acids is 1. The van der Waals surface area contributed by atoms with Gasteiger partial charge in [0.15, 0.2) is 0 Å². The molecule has 0 aliphatic carbocycles. The number of imidazole rings is 1. The van der Waals surface area contributed by atoms with Crippen molar-refractivity contribution in [1.29, 1.82) is 0 Å². The van der Waals surface area contributed by atoms with E-state index >= 15 is 0 Å². The number of nitrogens with zero attached hydrogens (tertiary/aromatic N) is 3. The Labute approximate surface area is 141 Å². The highest BCUT2D eigenvalue weighted by molar-refractivity contribution is 5.92. The van der Waals surface area contributed by atoms with Gasteiger partial charge in [0, 0.05) is 30.5 Å². The van der Waals surface area contributed by atoms with Gasteiger partial charge < -0.3 is 9.88 Å². The minimum absolute atomic E-state index is 0.0470. The molecule has 1 atom stereocenters. The Kier molecular flexibility index (Phi) is 4.70. The number of benzene rings is 1. The van der Waals surface area contributed by atoms with Crippen LogP contribution in [-0.2, 0) is 11.2 Å². The lowest BCUT2D eigenvalue weighted by Crippen LogP contribution is -2.14. The van der Waals surface area contributed by atoms with Crippen molar-refractivity contribution in [2.24, 2.45) is 0 Å². The third kappa shape index (κ3) is 3.68. The fourth-order valence-electron chi connectivity index (χ4n) is 2.70. The highest BCUT2D eigenvalue weighted by Crippen LogP contribution is 2.21. The van der Waals surface area contributed by atoms with Crippen molar-refractivity contribution in [2.75, 3.05) is 5.32 Å². The Morgan fingerprint density at radius 3 is 2.62 bits per heavy atom. The molecule has 2 aromatic heterocycles. The fourth-order valence-corrected chi connectivity index (χ4v) is 2.70. The first kappa shape index (κ1) is 15.9. The zero-order chi connectivity index (χ0) is 16.9. The van der Waals surface area contributed by atoms with Crippen LogP contribution in [0.15, 0.2) is 61.2 Å². The number of rotatable bonds is 5. The third-order valence-electron chi connectivity index (χ3n) is 4.04. The molecule has 0 saturated heterocycles. The summed E-state index contributed by atoms with van der Waals surface area (Å²) < 4.78 is 2.12. The smallest absolute Gasteiger partial charge is 0.228 e. The van der Waals surface area contributed by atoms with Crippen molar-refractivity contribution in [3.8, 4) is 0 Å². The van der Waals surface area contributed by atoms with E-state index in [4.69, 9.17) is 0 Å². The van der Waals surface area contributed by atoms with Gasteiger partial charge >= 0.3 is 0 Å². The van der Waals surface area contributed by atoms with Crippen LogP contribution in [0.25, 0.3) is 0 Å². The molecule has 0 bridgehead atoms. The lowest BCUT2D eigenvalue weighted by Gasteiger charge is -2.16. The number of aromatic nitrogens is 3. The average Bonchev–Trinajstić information content (AvgIpc) is 3.02. The lowest BCUT2D eigenvalue weighted by atomic mass is 10.1. The van der Waals surface area contributed by atoms with E-state index in [0.29, 0.717) is 6.42 Å². The molecular weight excluding hydrogens is 300 g/mol. The van der Waals surface area contributed by atoms with Crippen LogP contribution in [0.3, 0.4) is 0 Å². The van der Waals surface area contributed by atoms with Gasteiger partial charge in [0.25, 0.3) is 0 Å². The maximum absolute atomic E-state index is 12.1. The number of carbonyl (C=O) groups is 1. The van der Waals surface area contributed by atoms with Crippen molar-refractivity contribution in [3.63, 3.8) is 0 Å². The highest BCUT2D eigenvalue weighted by Gasteiger charge is 2.10. The van der Waals surface area contributed by atoms with Crippen LogP contribution in [0.2, 0.25) is 0 Å². The van der Waals surface area contributed by atoms with Gasteiger partial charge in [-0.05, 0) is 43.2 Å². The normalized spacial score (nSPS) is 11.9. The predicted octanol–water partition coefficient (Wildman–Crippen LogP) is 3.38. The van der Waals surface area contributed by atoms with Crippen LogP contribution in [0.5, 0.6) is 0 Å². The molecule has 0 saturated carbocycles. The van der Waals surface area contributed by atoms with Gasteiger partial charge in [0.1, 0.15) is 5.82 Å². The van der Waals surface area contributed by atoms with Gasteiger partial charge in [-0.2, -0.15) is 0 Å². The van der Waals surface area contributed by atoms with Gasteiger partial charge in [-0.15, -0.1) is 0 Å². The second-order valence-electron chi connectivity index (χ2n) is 5.77. The van der Waals surface area contributed by atoms with E-state index in [2.05, 4.69) is 26.8 Å². The number of nitrogens with one attached hydrogen (secondary N) is 1. The molecule has 1 N–H and O–H groups in total. The molecule has 0 radical (unpaired) electrons. The maximum atomic E-state index is 12.1. The lowest BCUT2D eigenvalue weighted by molar-refractivity contribution is -0.115. The van der Waals surface area contributed by atoms with Gasteiger partial charge in [-0.25, -0.2) is 4.98 Å². The highest BCUT2D eigenvalue weighted by atomic mass is 16.1.